The van der Waals surface area contributed by atoms with Gasteiger partial charge in [0.1, 0.15) is 28.3 Å². The van der Waals surface area contributed by atoms with Crippen molar-refractivity contribution in [1.82, 2.24) is 4.90 Å². The van der Waals surface area contributed by atoms with Crippen molar-refractivity contribution in [2.45, 2.75) is 25.0 Å². The van der Waals surface area contributed by atoms with Crippen LogP contribution < -0.4 is 14.8 Å². The number of hydrogen-bond acceptors (Lipinski definition) is 6. The first-order chi connectivity index (χ1) is 18.0. The number of carbonyl (C=O) groups is 2. The van der Waals surface area contributed by atoms with Crippen LogP contribution in [0, 0.1) is 5.82 Å². The van der Waals surface area contributed by atoms with Crippen molar-refractivity contribution < 1.29 is 23.5 Å². The van der Waals surface area contributed by atoms with E-state index < -0.39 is 11.1 Å². The number of nitrogens with one attached hydrogen (secondary N) is 1. The van der Waals surface area contributed by atoms with Crippen molar-refractivity contribution in [3.63, 3.8) is 0 Å². The van der Waals surface area contributed by atoms with E-state index in [2.05, 4.69) is 10.3 Å². The summed E-state index contributed by atoms with van der Waals surface area (Å²) in [4.78, 5) is 32.3. The molecule has 4 rings (SSSR count). The van der Waals surface area contributed by atoms with Crippen LogP contribution >= 0.6 is 11.8 Å². The molecule has 3 aromatic rings. The summed E-state index contributed by atoms with van der Waals surface area (Å²) in [5, 5.41) is 2.44. The third-order valence-electron chi connectivity index (χ3n) is 5.72. The Labute approximate surface area is 219 Å². The lowest BCUT2D eigenvalue weighted by molar-refractivity contribution is -0.129. The van der Waals surface area contributed by atoms with Gasteiger partial charge in [-0.1, -0.05) is 36.0 Å². The molecular weight excluding hydrogens is 493 g/mol. The van der Waals surface area contributed by atoms with Gasteiger partial charge in [-0.15, -0.1) is 0 Å². The molecule has 1 aliphatic rings. The Morgan fingerprint density at radius 3 is 2.46 bits per heavy atom. The van der Waals surface area contributed by atoms with Gasteiger partial charge in [0, 0.05) is 18.7 Å². The van der Waals surface area contributed by atoms with Gasteiger partial charge >= 0.3 is 0 Å². The molecule has 0 unspecified atom stereocenters. The van der Waals surface area contributed by atoms with Gasteiger partial charge in [0.15, 0.2) is 5.17 Å². The highest BCUT2D eigenvalue weighted by Gasteiger charge is 2.36. The second kappa shape index (κ2) is 12.4. The summed E-state index contributed by atoms with van der Waals surface area (Å²) < 4.78 is 25.0. The summed E-state index contributed by atoms with van der Waals surface area (Å²) in [6.07, 6.45) is 0.571. The Balaban J connectivity index is 1.52. The Morgan fingerprint density at radius 2 is 1.78 bits per heavy atom. The Bertz CT molecular complexity index is 1270. The lowest BCUT2D eigenvalue weighted by atomic mass is 10.1. The molecule has 2 amide bonds. The molecule has 7 nitrogen and oxygen atoms in total. The van der Waals surface area contributed by atoms with Crippen LogP contribution in [0.3, 0.4) is 0 Å². The van der Waals surface area contributed by atoms with Crippen LogP contribution in [0.1, 0.15) is 18.9 Å². The van der Waals surface area contributed by atoms with Crippen LogP contribution in [-0.4, -0.2) is 47.4 Å². The van der Waals surface area contributed by atoms with Crippen molar-refractivity contribution in [3.05, 3.63) is 84.2 Å². The van der Waals surface area contributed by atoms with Crippen LogP contribution in [0.5, 0.6) is 11.5 Å². The summed E-state index contributed by atoms with van der Waals surface area (Å²) >= 11 is 1.16. The van der Waals surface area contributed by atoms with Gasteiger partial charge in [-0.3, -0.25) is 14.5 Å². The highest BCUT2D eigenvalue weighted by atomic mass is 32.2. The number of carbonyl (C=O) groups excluding carboxylic acids is 2. The predicted molar refractivity (Wildman–Crippen MR) is 144 cm³/mol. The quantitative estimate of drug-likeness (QED) is 0.406. The number of anilines is 1. The maximum Gasteiger partial charge on any atom is 0.238 e. The van der Waals surface area contributed by atoms with Crippen LogP contribution in [0.15, 0.2) is 77.8 Å². The molecule has 1 saturated heterocycles. The second-order valence-corrected chi connectivity index (χ2v) is 9.42. The van der Waals surface area contributed by atoms with Gasteiger partial charge in [0.05, 0.1) is 13.7 Å². The summed E-state index contributed by atoms with van der Waals surface area (Å²) in [7, 11) is 1.60. The highest BCUT2D eigenvalue weighted by molar-refractivity contribution is 8.15. The number of amides is 2. The number of rotatable bonds is 9. The fraction of sp³-hybridized carbons (Fsp3) is 0.250. The number of methoxy groups -OCH3 is 1. The first-order valence-corrected chi connectivity index (χ1v) is 12.8. The third-order valence-corrected chi connectivity index (χ3v) is 6.90. The minimum Gasteiger partial charge on any atom is -0.497 e. The number of thioether (sulfide) groups is 1. The van der Waals surface area contributed by atoms with Crippen LogP contribution in [0.25, 0.3) is 0 Å². The first kappa shape index (κ1) is 26.2. The molecule has 1 heterocycles. The van der Waals surface area contributed by atoms with E-state index in [-0.39, 0.29) is 23.9 Å². The lowest BCUT2D eigenvalue weighted by Gasteiger charge is -2.32. The minimum atomic E-state index is -0.707. The molecule has 0 bridgehead atoms. The number of nitrogens with zero attached hydrogens (tertiary/aromatic N) is 2. The molecule has 1 atom stereocenters. The first-order valence-electron chi connectivity index (χ1n) is 11.9. The minimum absolute atomic E-state index is 0.00638. The van der Waals surface area contributed by atoms with Crippen molar-refractivity contribution in [2.75, 3.05) is 25.6 Å². The molecule has 1 fully saturated rings. The molecule has 0 radical (unpaired) electrons. The largest absolute Gasteiger partial charge is 0.497 e. The Morgan fingerprint density at radius 1 is 1.08 bits per heavy atom. The van der Waals surface area contributed by atoms with Gasteiger partial charge in [-0.05, 0) is 67.4 Å². The smallest absolute Gasteiger partial charge is 0.238 e. The molecule has 192 valence electrons. The number of aliphatic imine (C=N–C) groups is 1. The summed E-state index contributed by atoms with van der Waals surface area (Å²) in [6.45, 7) is 2.79. The van der Waals surface area contributed by atoms with Gasteiger partial charge in [0.2, 0.25) is 11.8 Å². The van der Waals surface area contributed by atoms with Crippen molar-refractivity contribution in [1.29, 1.82) is 0 Å². The molecule has 37 heavy (non-hydrogen) atoms. The maximum atomic E-state index is 14.4. The SMILES string of the molecule is CCOc1ccc(NC(=O)[C@@H]2CC(=O)N(CCc3ccc(OC)cc3)C(=Nc3ccccc3F)S2)cc1. The van der Waals surface area contributed by atoms with E-state index in [1.54, 1.807) is 49.6 Å². The summed E-state index contributed by atoms with van der Waals surface area (Å²) in [5.74, 6) is 0.387. The molecule has 1 N–H and O–H groups in total. The number of hydrogen-bond donors (Lipinski definition) is 1. The summed E-state index contributed by atoms with van der Waals surface area (Å²) in [5.41, 5.74) is 1.72. The van der Waals surface area contributed by atoms with E-state index in [0.29, 0.717) is 36.2 Å². The van der Waals surface area contributed by atoms with Gasteiger partial charge in [0.25, 0.3) is 0 Å². The van der Waals surface area contributed by atoms with E-state index in [9.17, 15) is 14.0 Å². The zero-order valence-corrected chi connectivity index (χ0v) is 21.5. The van der Waals surface area contributed by atoms with Crippen molar-refractivity contribution in [2.24, 2.45) is 4.99 Å². The van der Waals surface area contributed by atoms with Crippen molar-refractivity contribution in [3.8, 4) is 11.5 Å². The number of para-hydroxylation sites is 1. The Hall–Kier alpha value is -3.85. The predicted octanol–water partition coefficient (Wildman–Crippen LogP) is 5.44. The monoisotopic (exact) mass is 521 g/mol. The van der Waals surface area contributed by atoms with Crippen LogP contribution in [-0.2, 0) is 16.0 Å². The standard InChI is InChI=1S/C28H28FN3O4S/c1-3-36-22-14-10-20(11-15-22)30-27(34)25-18-26(33)32(17-16-19-8-12-21(35-2)13-9-19)28(37-25)31-24-7-5-4-6-23(24)29/h4-15,25H,3,16-18H2,1-2H3,(H,30,34)/t25-/m0/s1. The number of amidine groups is 1. The van der Waals surface area contributed by atoms with E-state index in [1.807, 2.05) is 31.2 Å². The topological polar surface area (TPSA) is 80.2 Å². The average Bonchev–Trinajstić information content (AvgIpc) is 2.91. The fourth-order valence-corrected chi connectivity index (χ4v) is 4.88. The van der Waals surface area contributed by atoms with E-state index in [4.69, 9.17) is 9.47 Å². The number of benzene rings is 3. The van der Waals surface area contributed by atoms with Crippen LogP contribution in [0.2, 0.25) is 0 Å². The zero-order chi connectivity index (χ0) is 26.2. The van der Waals surface area contributed by atoms with Gasteiger partial charge < -0.3 is 14.8 Å². The molecule has 0 saturated carbocycles. The molecule has 1 aliphatic heterocycles. The van der Waals surface area contributed by atoms with Crippen molar-refractivity contribution >= 4 is 40.1 Å². The van der Waals surface area contributed by atoms with Gasteiger partial charge in [-0.25, -0.2) is 9.38 Å². The fourth-order valence-electron chi connectivity index (χ4n) is 3.76. The molecular formula is C28H28FN3O4S. The molecule has 0 aromatic heterocycles. The Kier molecular flexibility index (Phi) is 8.79. The third kappa shape index (κ3) is 6.89. The highest BCUT2D eigenvalue weighted by Crippen LogP contribution is 2.31. The summed E-state index contributed by atoms with van der Waals surface area (Å²) in [6, 6.07) is 20.7. The number of ether oxygens (including phenoxy) is 2. The normalized spacial score (nSPS) is 16.5. The zero-order valence-electron chi connectivity index (χ0n) is 20.6. The molecule has 9 heteroatoms. The van der Waals surface area contributed by atoms with E-state index in [1.165, 1.54) is 11.0 Å². The van der Waals surface area contributed by atoms with Crippen LogP contribution in [0.4, 0.5) is 15.8 Å². The lowest BCUT2D eigenvalue weighted by Crippen LogP contribution is -2.46. The molecule has 0 aliphatic carbocycles. The average molecular weight is 522 g/mol. The molecule has 3 aromatic carbocycles. The molecule has 0 spiro atoms. The number of halogens is 1. The van der Waals surface area contributed by atoms with E-state index >= 15 is 0 Å². The maximum absolute atomic E-state index is 14.4. The van der Waals surface area contributed by atoms with E-state index in [0.717, 1.165) is 23.1 Å². The van der Waals surface area contributed by atoms with Gasteiger partial charge in [-0.2, -0.15) is 0 Å². The second-order valence-electron chi connectivity index (χ2n) is 8.25.